The first-order chi connectivity index (χ1) is 11.0. The first-order valence-corrected chi connectivity index (χ1v) is 6.98. The van der Waals surface area contributed by atoms with E-state index in [1.165, 1.54) is 19.1 Å². The molecule has 0 bridgehead atoms. The lowest BCUT2D eigenvalue weighted by Gasteiger charge is -2.07. The molecule has 0 atom stereocenters. The zero-order chi connectivity index (χ0) is 16.4. The van der Waals surface area contributed by atoms with Crippen LogP contribution in [0.15, 0.2) is 48.5 Å². The third kappa shape index (κ3) is 3.37. The first kappa shape index (κ1) is 14.8. The van der Waals surface area contributed by atoms with Crippen molar-refractivity contribution in [1.29, 1.82) is 0 Å². The van der Waals surface area contributed by atoms with Gasteiger partial charge in [0.05, 0.1) is 0 Å². The second-order valence-corrected chi connectivity index (χ2v) is 5.13. The number of benzene rings is 2. The van der Waals surface area contributed by atoms with Crippen LogP contribution in [0.25, 0.3) is 10.9 Å². The van der Waals surface area contributed by atoms with Crippen molar-refractivity contribution in [3.63, 3.8) is 0 Å². The van der Waals surface area contributed by atoms with E-state index in [1.807, 2.05) is 0 Å². The molecule has 0 saturated carbocycles. The molecule has 0 unspecified atom stereocenters. The lowest BCUT2D eigenvalue weighted by Crippen LogP contribution is -2.12. The number of nitrogens with one attached hydrogen (secondary N) is 3. The molecule has 0 aliphatic heterocycles. The van der Waals surface area contributed by atoms with E-state index < -0.39 is 0 Å². The van der Waals surface area contributed by atoms with E-state index in [0.29, 0.717) is 22.6 Å². The number of amides is 2. The standard InChI is InChI=1S/C17H14FN3O2/c1-10(22)19-13-3-2-4-14(9-13)20-17(23)16-7-11-5-6-12(18)8-15(11)21-16/h2-9,21H,1H3,(H,19,22)(H,20,23). The number of hydrogen-bond acceptors (Lipinski definition) is 2. The first-order valence-electron chi connectivity index (χ1n) is 6.98. The molecule has 0 spiro atoms. The Hall–Kier alpha value is -3.15. The molecule has 2 aromatic carbocycles. The van der Waals surface area contributed by atoms with E-state index >= 15 is 0 Å². The number of carbonyl (C=O) groups excluding carboxylic acids is 2. The van der Waals surface area contributed by atoms with E-state index in [9.17, 15) is 14.0 Å². The van der Waals surface area contributed by atoms with Crippen LogP contribution in [-0.4, -0.2) is 16.8 Å². The summed E-state index contributed by atoms with van der Waals surface area (Å²) in [4.78, 5) is 26.2. The van der Waals surface area contributed by atoms with Gasteiger partial charge in [0, 0.05) is 29.2 Å². The number of aromatic nitrogens is 1. The van der Waals surface area contributed by atoms with Crippen LogP contribution in [0.3, 0.4) is 0 Å². The molecule has 3 N–H and O–H groups in total. The Balaban J connectivity index is 1.81. The molecule has 5 nitrogen and oxygen atoms in total. The molecular formula is C17H14FN3O2. The minimum atomic E-state index is -0.366. The lowest BCUT2D eigenvalue weighted by molar-refractivity contribution is -0.114. The molecule has 1 heterocycles. The maximum absolute atomic E-state index is 13.2. The largest absolute Gasteiger partial charge is 0.350 e. The van der Waals surface area contributed by atoms with Gasteiger partial charge in [-0.05, 0) is 42.5 Å². The molecule has 3 aromatic rings. The molecule has 0 aliphatic carbocycles. The van der Waals surface area contributed by atoms with Gasteiger partial charge in [0.15, 0.2) is 0 Å². The van der Waals surface area contributed by atoms with Gasteiger partial charge >= 0.3 is 0 Å². The van der Waals surface area contributed by atoms with Crippen LogP contribution < -0.4 is 10.6 Å². The molecule has 23 heavy (non-hydrogen) atoms. The van der Waals surface area contributed by atoms with Crippen molar-refractivity contribution in [3.8, 4) is 0 Å². The van der Waals surface area contributed by atoms with Gasteiger partial charge in [0.25, 0.3) is 5.91 Å². The quantitative estimate of drug-likeness (QED) is 0.692. The van der Waals surface area contributed by atoms with Gasteiger partial charge in [-0.3, -0.25) is 9.59 Å². The summed E-state index contributed by atoms with van der Waals surface area (Å²) >= 11 is 0. The second kappa shape index (κ2) is 5.92. The molecule has 3 rings (SSSR count). The molecule has 116 valence electrons. The number of hydrogen-bond donors (Lipinski definition) is 3. The molecule has 0 radical (unpaired) electrons. The van der Waals surface area contributed by atoms with Crippen molar-refractivity contribution >= 4 is 34.1 Å². The van der Waals surface area contributed by atoms with Crippen LogP contribution in [0, 0.1) is 5.82 Å². The van der Waals surface area contributed by atoms with Gasteiger partial charge in [-0.25, -0.2) is 4.39 Å². The molecule has 0 aliphatic rings. The van der Waals surface area contributed by atoms with Crippen molar-refractivity contribution in [2.45, 2.75) is 6.92 Å². The van der Waals surface area contributed by atoms with Gasteiger partial charge in [-0.1, -0.05) is 6.07 Å². The molecular weight excluding hydrogens is 297 g/mol. The number of fused-ring (bicyclic) bond motifs is 1. The molecule has 0 fully saturated rings. The van der Waals surface area contributed by atoms with Crippen LogP contribution in [0.4, 0.5) is 15.8 Å². The highest BCUT2D eigenvalue weighted by atomic mass is 19.1. The highest BCUT2D eigenvalue weighted by molar-refractivity contribution is 6.06. The van der Waals surface area contributed by atoms with Crippen molar-refractivity contribution in [2.24, 2.45) is 0 Å². The van der Waals surface area contributed by atoms with Crippen LogP contribution in [0.2, 0.25) is 0 Å². The lowest BCUT2D eigenvalue weighted by atomic mass is 10.2. The van der Waals surface area contributed by atoms with Gasteiger partial charge in [0.2, 0.25) is 5.91 Å². The summed E-state index contributed by atoms with van der Waals surface area (Å²) in [6.07, 6.45) is 0. The SMILES string of the molecule is CC(=O)Nc1cccc(NC(=O)c2cc3ccc(F)cc3[nH]2)c1. The fraction of sp³-hybridized carbons (Fsp3) is 0.0588. The zero-order valence-corrected chi connectivity index (χ0v) is 12.3. The van der Waals surface area contributed by atoms with E-state index in [-0.39, 0.29) is 17.6 Å². The van der Waals surface area contributed by atoms with Gasteiger partial charge in [-0.15, -0.1) is 0 Å². The molecule has 6 heteroatoms. The Morgan fingerprint density at radius 2 is 1.74 bits per heavy atom. The summed E-state index contributed by atoms with van der Waals surface area (Å²) in [6.45, 7) is 1.41. The van der Waals surface area contributed by atoms with Crippen LogP contribution >= 0.6 is 0 Å². The molecule has 1 aromatic heterocycles. The van der Waals surface area contributed by atoms with Crippen LogP contribution in [-0.2, 0) is 4.79 Å². The number of anilines is 2. The fourth-order valence-corrected chi connectivity index (χ4v) is 2.30. The average molecular weight is 311 g/mol. The predicted molar refractivity (Wildman–Crippen MR) is 87.0 cm³/mol. The Labute approximate surface area is 131 Å². The smallest absolute Gasteiger partial charge is 0.272 e. The van der Waals surface area contributed by atoms with Crippen LogP contribution in [0.1, 0.15) is 17.4 Å². The minimum absolute atomic E-state index is 0.189. The summed E-state index contributed by atoms with van der Waals surface area (Å²) in [5, 5.41) is 6.13. The number of H-pyrrole nitrogens is 1. The summed E-state index contributed by atoms with van der Waals surface area (Å²) in [6, 6.07) is 12.8. The fourth-order valence-electron chi connectivity index (χ4n) is 2.30. The van der Waals surface area contributed by atoms with Gasteiger partial charge < -0.3 is 15.6 Å². The third-order valence-electron chi connectivity index (χ3n) is 3.27. The van der Waals surface area contributed by atoms with E-state index in [0.717, 1.165) is 5.39 Å². The maximum Gasteiger partial charge on any atom is 0.272 e. The Morgan fingerprint density at radius 1 is 1.00 bits per heavy atom. The van der Waals surface area contributed by atoms with Crippen molar-refractivity contribution in [1.82, 2.24) is 4.98 Å². The van der Waals surface area contributed by atoms with Crippen molar-refractivity contribution in [3.05, 3.63) is 60.0 Å². The monoisotopic (exact) mass is 311 g/mol. The Kier molecular flexibility index (Phi) is 3.80. The van der Waals surface area contributed by atoms with Gasteiger partial charge in [0.1, 0.15) is 11.5 Å². The summed E-state index contributed by atoms with van der Waals surface area (Å²) in [5.41, 5.74) is 2.03. The number of rotatable bonds is 3. The third-order valence-corrected chi connectivity index (χ3v) is 3.27. The predicted octanol–water partition coefficient (Wildman–Crippen LogP) is 3.52. The van der Waals surface area contributed by atoms with E-state index in [4.69, 9.17) is 0 Å². The molecule has 0 saturated heterocycles. The Bertz CT molecular complexity index is 902. The highest BCUT2D eigenvalue weighted by Gasteiger charge is 2.10. The minimum Gasteiger partial charge on any atom is -0.350 e. The number of carbonyl (C=O) groups is 2. The Morgan fingerprint density at radius 3 is 2.48 bits per heavy atom. The van der Waals surface area contributed by atoms with Crippen molar-refractivity contribution < 1.29 is 14.0 Å². The highest BCUT2D eigenvalue weighted by Crippen LogP contribution is 2.19. The number of aromatic amines is 1. The summed E-state index contributed by atoms with van der Waals surface area (Å²) in [5.74, 6) is -0.901. The topological polar surface area (TPSA) is 74.0 Å². The number of halogens is 1. The van der Waals surface area contributed by atoms with Gasteiger partial charge in [-0.2, -0.15) is 0 Å². The molecule has 2 amide bonds. The maximum atomic E-state index is 13.2. The van der Waals surface area contributed by atoms with E-state index in [1.54, 1.807) is 36.4 Å². The van der Waals surface area contributed by atoms with E-state index in [2.05, 4.69) is 15.6 Å². The normalized spacial score (nSPS) is 10.5. The average Bonchev–Trinajstić information content (AvgIpc) is 2.90. The van der Waals surface area contributed by atoms with Crippen LogP contribution in [0.5, 0.6) is 0 Å². The zero-order valence-electron chi connectivity index (χ0n) is 12.3. The summed E-state index contributed by atoms with van der Waals surface area (Å²) < 4.78 is 13.2. The summed E-state index contributed by atoms with van der Waals surface area (Å²) in [7, 11) is 0. The second-order valence-electron chi connectivity index (χ2n) is 5.13. The van der Waals surface area contributed by atoms with Crippen molar-refractivity contribution in [2.75, 3.05) is 10.6 Å².